The van der Waals surface area contributed by atoms with E-state index in [9.17, 15) is 8.42 Å². The summed E-state index contributed by atoms with van der Waals surface area (Å²) in [5.74, 6) is 0.794. The Morgan fingerprint density at radius 1 is 1.37 bits per heavy atom. The van der Waals surface area contributed by atoms with Gasteiger partial charge in [0.2, 0.25) is 10.0 Å². The Labute approximate surface area is 123 Å². The highest BCUT2D eigenvalue weighted by Crippen LogP contribution is 2.22. The summed E-state index contributed by atoms with van der Waals surface area (Å²) in [6.07, 6.45) is 5.43. The highest BCUT2D eigenvalue weighted by atomic mass is 32.2. The second kappa shape index (κ2) is 7.08. The molecule has 0 saturated heterocycles. The van der Waals surface area contributed by atoms with Crippen molar-refractivity contribution in [3.8, 4) is 0 Å². The lowest BCUT2D eigenvalue weighted by Gasteiger charge is -2.03. The van der Waals surface area contributed by atoms with Gasteiger partial charge < -0.3 is 5.32 Å². The molecule has 108 valence electrons. The van der Waals surface area contributed by atoms with Crippen LogP contribution in [-0.2, 0) is 16.4 Å². The van der Waals surface area contributed by atoms with Crippen LogP contribution in [0.5, 0.6) is 0 Å². The molecule has 1 aliphatic carbocycles. The van der Waals surface area contributed by atoms with Gasteiger partial charge in [-0.3, -0.25) is 0 Å². The summed E-state index contributed by atoms with van der Waals surface area (Å²) in [4.78, 5) is 1.12. The Bertz CT molecular complexity index is 495. The number of thioether (sulfide) groups is 1. The van der Waals surface area contributed by atoms with Crippen LogP contribution in [0.1, 0.15) is 17.7 Å². The van der Waals surface area contributed by atoms with E-state index in [0.717, 1.165) is 23.6 Å². The molecule has 1 aromatic heterocycles. The molecule has 19 heavy (non-hydrogen) atoms. The van der Waals surface area contributed by atoms with Crippen LogP contribution in [0.3, 0.4) is 0 Å². The molecule has 0 atom stereocenters. The summed E-state index contributed by atoms with van der Waals surface area (Å²) >= 11 is 3.00. The third-order valence-corrected chi connectivity index (χ3v) is 6.59. The van der Waals surface area contributed by atoms with Crippen molar-refractivity contribution < 1.29 is 8.42 Å². The minimum atomic E-state index is -3.31. The predicted octanol–water partition coefficient (Wildman–Crippen LogP) is 1.68. The van der Waals surface area contributed by atoms with Crippen molar-refractivity contribution in [1.82, 2.24) is 10.0 Å². The van der Waals surface area contributed by atoms with E-state index in [0.29, 0.717) is 16.8 Å². The Morgan fingerprint density at radius 2 is 2.16 bits per heavy atom. The lowest BCUT2D eigenvalue weighted by molar-refractivity contribution is 0.586. The van der Waals surface area contributed by atoms with E-state index in [1.165, 1.54) is 24.2 Å². The molecule has 0 unspecified atom stereocenters. The first-order chi connectivity index (χ1) is 9.12. The zero-order chi connectivity index (χ0) is 13.7. The molecular weight excluding hydrogens is 300 g/mol. The van der Waals surface area contributed by atoms with Gasteiger partial charge in [-0.05, 0) is 37.7 Å². The van der Waals surface area contributed by atoms with Crippen molar-refractivity contribution in [1.29, 1.82) is 0 Å². The van der Waals surface area contributed by atoms with Crippen LogP contribution in [0.15, 0.2) is 16.3 Å². The van der Waals surface area contributed by atoms with Crippen LogP contribution in [0, 0.1) is 0 Å². The van der Waals surface area contributed by atoms with Gasteiger partial charge in [0.25, 0.3) is 0 Å². The molecule has 1 fully saturated rings. The summed E-state index contributed by atoms with van der Waals surface area (Å²) in [5, 5.41) is 3.43. The van der Waals surface area contributed by atoms with Crippen LogP contribution in [0.4, 0.5) is 0 Å². The molecule has 2 rings (SSSR count). The largest absolute Gasteiger partial charge is 0.314 e. The zero-order valence-electron chi connectivity index (χ0n) is 11.0. The molecule has 0 radical (unpaired) electrons. The number of rotatable bonds is 9. The fourth-order valence-corrected chi connectivity index (χ4v) is 4.54. The maximum atomic E-state index is 12.0. The highest BCUT2D eigenvalue weighted by Gasteiger charge is 2.20. The first-order valence-corrected chi connectivity index (χ1v) is 10.1. The molecule has 0 bridgehead atoms. The van der Waals surface area contributed by atoms with Crippen molar-refractivity contribution in [3.63, 3.8) is 0 Å². The van der Waals surface area contributed by atoms with Crippen molar-refractivity contribution in [2.75, 3.05) is 25.1 Å². The molecule has 1 saturated carbocycles. The second-order valence-corrected chi connectivity index (χ2v) is 8.74. The molecule has 1 aromatic rings. The van der Waals surface area contributed by atoms with E-state index in [1.54, 1.807) is 17.8 Å². The van der Waals surface area contributed by atoms with Gasteiger partial charge in [0.1, 0.15) is 4.21 Å². The minimum absolute atomic E-state index is 0.426. The Kier molecular flexibility index (Phi) is 5.70. The third-order valence-electron chi connectivity index (χ3n) is 2.88. The van der Waals surface area contributed by atoms with Crippen molar-refractivity contribution in [2.24, 2.45) is 0 Å². The summed E-state index contributed by atoms with van der Waals surface area (Å²) in [5.41, 5.74) is 0. The zero-order valence-corrected chi connectivity index (χ0v) is 13.5. The number of hydrogen-bond acceptors (Lipinski definition) is 5. The number of hydrogen-bond donors (Lipinski definition) is 2. The van der Waals surface area contributed by atoms with Crippen LogP contribution in [0.25, 0.3) is 0 Å². The third kappa shape index (κ3) is 5.07. The van der Waals surface area contributed by atoms with Gasteiger partial charge in [0.05, 0.1) is 0 Å². The standard InChI is InChI=1S/C12H20N2O2S3/c1-17-9-8-14-19(15,16)12-5-4-11(18-12)6-7-13-10-2-3-10/h4-5,10,13-14H,2-3,6-9H2,1H3. The van der Waals surface area contributed by atoms with E-state index < -0.39 is 10.0 Å². The number of sulfonamides is 1. The molecule has 1 heterocycles. The van der Waals surface area contributed by atoms with Crippen molar-refractivity contribution >= 4 is 33.1 Å². The maximum absolute atomic E-state index is 12.0. The van der Waals surface area contributed by atoms with Crippen LogP contribution in [0.2, 0.25) is 0 Å². The van der Waals surface area contributed by atoms with Crippen molar-refractivity contribution in [2.45, 2.75) is 29.5 Å². The molecule has 7 heteroatoms. The topological polar surface area (TPSA) is 58.2 Å². The van der Waals surface area contributed by atoms with Crippen LogP contribution >= 0.6 is 23.1 Å². The summed E-state index contributed by atoms with van der Waals surface area (Å²) in [7, 11) is -3.31. The van der Waals surface area contributed by atoms with Gasteiger partial charge in [-0.1, -0.05) is 0 Å². The average molecular weight is 321 g/mol. The van der Waals surface area contributed by atoms with Gasteiger partial charge in [-0.25, -0.2) is 13.1 Å². The average Bonchev–Trinajstić information content (AvgIpc) is 3.05. The van der Waals surface area contributed by atoms with E-state index in [1.807, 2.05) is 12.3 Å². The summed E-state index contributed by atoms with van der Waals surface area (Å²) in [6.45, 7) is 1.42. The predicted molar refractivity (Wildman–Crippen MR) is 82.6 cm³/mol. The summed E-state index contributed by atoms with van der Waals surface area (Å²) < 4.78 is 27.0. The van der Waals surface area contributed by atoms with Crippen LogP contribution in [-0.4, -0.2) is 39.6 Å². The molecule has 4 nitrogen and oxygen atoms in total. The van der Waals surface area contributed by atoms with Gasteiger partial charge in [0, 0.05) is 29.8 Å². The lowest BCUT2D eigenvalue weighted by Crippen LogP contribution is -2.25. The highest BCUT2D eigenvalue weighted by molar-refractivity contribution is 7.98. The van der Waals surface area contributed by atoms with Gasteiger partial charge in [-0.15, -0.1) is 11.3 Å². The molecule has 0 amide bonds. The molecule has 0 aromatic carbocycles. The van der Waals surface area contributed by atoms with Crippen LogP contribution < -0.4 is 10.0 Å². The minimum Gasteiger partial charge on any atom is -0.314 e. The fourth-order valence-electron chi connectivity index (χ4n) is 1.67. The SMILES string of the molecule is CSCCNS(=O)(=O)c1ccc(CCNC2CC2)s1. The molecule has 0 spiro atoms. The Hall–Kier alpha value is -0.0800. The Morgan fingerprint density at radius 3 is 2.84 bits per heavy atom. The summed E-state index contributed by atoms with van der Waals surface area (Å²) in [6, 6.07) is 4.33. The van der Waals surface area contributed by atoms with Gasteiger partial charge >= 0.3 is 0 Å². The van der Waals surface area contributed by atoms with E-state index >= 15 is 0 Å². The van der Waals surface area contributed by atoms with E-state index in [-0.39, 0.29) is 0 Å². The molecular formula is C12H20N2O2S3. The van der Waals surface area contributed by atoms with Crippen molar-refractivity contribution in [3.05, 3.63) is 17.0 Å². The van der Waals surface area contributed by atoms with E-state index in [4.69, 9.17) is 0 Å². The normalized spacial score (nSPS) is 15.8. The first-order valence-electron chi connectivity index (χ1n) is 6.42. The quantitative estimate of drug-likeness (QED) is 0.680. The maximum Gasteiger partial charge on any atom is 0.250 e. The fraction of sp³-hybridized carbons (Fsp3) is 0.667. The van der Waals surface area contributed by atoms with Gasteiger partial charge in [0.15, 0.2) is 0 Å². The number of thiophene rings is 1. The monoisotopic (exact) mass is 320 g/mol. The number of nitrogens with one attached hydrogen (secondary N) is 2. The second-order valence-electron chi connectivity index (χ2n) is 4.59. The Balaban J connectivity index is 1.83. The molecule has 1 aliphatic rings. The molecule has 2 N–H and O–H groups in total. The van der Waals surface area contributed by atoms with Gasteiger partial charge in [-0.2, -0.15) is 11.8 Å². The molecule has 0 aliphatic heterocycles. The smallest absolute Gasteiger partial charge is 0.250 e. The lowest BCUT2D eigenvalue weighted by atomic mass is 10.3. The van der Waals surface area contributed by atoms with E-state index in [2.05, 4.69) is 10.0 Å². The first kappa shape index (κ1) is 15.3.